The summed E-state index contributed by atoms with van der Waals surface area (Å²) in [6.07, 6.45) is 0. The van der Waals surface area contributed by atoms with Crippen LogP contribution in [0.1, 0.15) is 0 Å². The minimum atomic E-state index is -2.20. The Balaban J connectivity index is 3.82. The van der Waals surface area contributed by atoms with Crippen molar-refractivity contribution < 1.29 is 33.1 Å². The first-order valence-corrected chi connectivity index (χ1v) is 5.95. The molecule has 0 fully saturated rings. The first-order chi connectivity index (χ1) is 4.24. The summed E-state index contributed by atoms with van der Waals surface area (Å²) in [7, 11) is 2.62. The van der Waals surface area contributed by atoms with E-state index in [4.69, 9.17) is 13.3 Å². The average Bonchev–Trinajstić information content (AvgIpc) is 1.95. The first-order valence-electron chi connectivity index (χ1n) is 2.41. The van der Waals surface area contributed by atoms with E-state index < -0.39 is 8.80 Å². The average molecular weight is 330 g/mol. The standard InChI is InChI=1S/C4H11O3Si.Pt/c1-5-8(4,6-2)7-3;/h4H2,1-3H3;/q;+3. The molecule has 0 saturated carbocycles. The molecule has 0 aromatic rings. The number of rotatable bonds is 4. The van der Waals surface area contributed by atoms with E-state index >= 15 is 0 Å². The molecule has 0 unspecified atom stereocenters. The SMILES string of the molecule is CO[Si]([CH2][Pt+3])(OC)OC. The van der Waals surface area contributed by atoms with Crippen molar-refractivity contribution in [2.45, 2.75) is 4.43 Å². The van der Waals surface area contributed by atoms with E-state index in [1.165, 1.54) is 0 Å². The second kappa shape index (κ2) is 4.58. The molecule has 5 heteroatoms. The van der Waals surface area contributed by atoms with Gasteiger partial charge in [0.15, 0.2) is 0 Å². The predicted molar refractivity (Wildman–Crippen MR) is 31.6 cm³/mol. The van der Waals surface area contributed by atoms with Crippen LogP contribution in [-0.4, -0.2) is 30.1 Å². The Morgan fingerprint density at radius 3 is 1.44 bits per heavy atom. The molecule has 9 heavy (non-hydrogen) atoms. The molecule has 56 valence electrons. The summed E-state index contributed by atoms with van der Waals surface area (Å²) in [5, 5.41) is 0. The van der Waals surface area contributed by atoms with Crippen molar-refractivity contribution in [3.63, 3.8) is 0 Å². The van der Waals surface area contributed by atoms with Gasteiger partial charge in [0.2, 0.25) is 0 Å². The van der Waals surface area contributed by atoms with Crippen LogP contribution >= 0.6 is 0 Å². The second-order valence-electron chi connectivity index (χ2n) is 1.41. The van der Waals surface area contributed by atoms with Gasteiger partial charge in [-0.25, -0.2) is 0 Å². The van der Waals surface area contributed by atoms with Crippen LogP contribution in [0.2, 0.25) is 4.43 Å². The molecule has 0 heterocycles. The molecule has 0 N–H and O–H groups in total. The molecule has 0 spiro atoms. The van der Waals surface area contributed by atoms with Crippen molar-refractivity contribution >= 4 is 8.80 Å². The Hall–Kier alpha value is 0.785. The molecular weight excluding hydrogens is 319 g/mol. The van der Waals surface area contributed by atoms with E-state index in [0.717, 1.165) is 4.43 Å². The molecule has 0 aromatic heterocycles. The van der Waals surface area contributed by atoms with Crippen LogP contribution in [-0.2, 0) is 33.1 Å². The molecule has 0 amide bonds. The van der Waals surface area contributed by atoms with Crippen molar-refractivity contribution in [1.29, 1.82) is 0 Å². The van der Waals surface area contributed by atoms with Gasteiger partial charge in [-0.1, -0.05) is 0 Å². The van der Waals surface area contributed by atoms with Crippen molar-refractivity contribution in [2.24, 2.45) is 0 Å². The number of hydrogen-bond donors (Lipinski definition) is 0. The molecule has 0 atom stereocenters. The van der Waals surface area contributed by atoms with Crippen LogP contribution in [0.25, 0.3) is 0 Å². The van der Waals surface area contributed by atoms with E-state index in [1.54, 1.807) is 21.3 Å². The second-order valence-corrected chi connectivity index (χ2v) is 6.63. The third-order valence-corrected chi connectivity index (χ3v) is 6.16. The van der Waals surface area contributed by atoms with E-state index in [2.05, 4.69) is 19.8 Å². The van der Waals surface area contributed by atoms with Crippen LogP contribution in [0.5, 0.6) is 0 Å². The van der Waals surface area contributed by atoms with Gasteiger partial charge in [0.25, 0.3) is 0 Å². The Bertz CT molecular complexity index is 58.7. The molecule has 0 aliphatic carbocycles. The van der Waals surface area contributed by atoms with Gasteiger partial charge in [-0.05, 0) is 0 Å². The van der Waals surface area contributed by atoms with Crippen molar-refractivity contribution in [2.75, 3.05) is 21.3 Å². The van der Waals surface area contributed by atoms with Crippen LogP contribution in [0.3, 0.4) is 0 Å². The quantitative estimate of drug-likeness (QED) is 0.697. The summed E-state index contributed by atoms with van der Waals surface area (Å²) in [6, 6.07) is 0. The molecule has 3 nitrogen and oxygen atoms in total. The Labute approximate surface area is 67.9 Å². The third-order valence-electron chi connectivity index (χ3n) is 1.07. The monoisotopic (exact) mass is 330 g/mol. The van der Waals surface area contributed by atoms with Crippen LogP contribution in [0.15, 0.2) is 0 Å². The zero-order valence-corrected chi connectivity index (χ0v) is 9.02. The molecular formula is C4H11O3PtSi+3. The van der Waals surface area contributed by atoms with E-state index in [9.17, 15) is 0 Å². The summed E-state index contributed by atoms with van der Waals surface area (Å²) < 4.78 is 16.0. The zero-order chi connectivity index (χ0) is 7.33. The molecule has 0 saturated heterocycles. The Morgan fingerprint density at radius 2 is 1.44 bits per heavy atom. The Kier molecular flexibility index (Phi) is 4.98. The maximum absolute atomic E-state index is 5.07. The molecule has 0 radical (unpaired) electrons. The molecule has 0 aromatic carbocycles. The van der Waals surface area contributed by atoms with Gasteiger partial charge in [0, 0.05) is 0 Å². The van der Waals surface area contributed by atoms with Crippen molar-refractivity contribution in [1.82, 2.24) is 0 Å². The fourth-order valence-electron chi connectivity index (χ4n) is 0.387. The fourth-order valence-corrected chi connectivity index (χ4v) is 4.11. The minimum absolute atomic E-state index is 0.788. The van der Waals surface area contributed by atoms with Crippen LogP contribution in [0, 0.1) is 0 Å². The van der Waals surface area contributed by atoms with Gasteiger partial charge in [-0.15, -0.1) is 0 Å². The van der Waals surface area contributed by atoms with Crippen molar-refractivity contribution in [3.05, 3.63) is 0 Å². The number of hydrogen-bond acceptors (Lipinski definition) is 3. The van der Waals surface area contributed by atoms with Crippen LogP contribution < -0.4 is 0 Å². The van der Waals surface area contributed by atoms with Gasteiger partial charge >= 0.3 is 67.7 Å². The normalized spacial score (nSPS) is 12.0. The fraction of sp³-hybridized carbons (Fsp3) is 1.00. The summed E-state index contributed by atoms with van der Waals surface area (Å²) in [6.45, 7) is 0. The Morgan fingerprint density at radius 1 is 1.11 bits per heavy atom. The van der Waals surface area contributed by atoms with Gasteiger partial charge in [0.1, 0.15) is 0 Å². The van der Waals surface area contributed by atoms with Gasteiger partial charge in [-0.3, -0.25) is 0 Å². The van der Waals surface area contributed by atoms with E-state index in [1.807, 2.05) is 0 Å². The van der Waals surface area contributed by atoms with Gasteiger partial charge < -0.3 is 0 Å². The predicted octanol–water partition coefficient (Wildman–Crippen LogP) is 0.369. The first kappa shape index (κ1) is 9.79. The van der Waals surface area contributed by atoms with E-state index in [-0.39, 0.29) is 0 Å². The van der Waals surface area contributed by atoms with Crippen molar-refractivity contribution in [3.8, 4) is 0 Å². The molecule has 0 aliphatic rings. The van der Waals surface area contributed by atoms with E-state index in [0.29, 0.717) is 0 Å². The molecule has 0 rings (SSSR count). The molecule has 0 aliphatic heterocycles. The maximum atomic E-state index is 5.07. The molecule has 0 bridgehead atoms. The topological polar surface area (TPSA) is 27.7 Å². The summed E-state index contributed by atoms with van der Waals surface area (Å²) in [5.41, 5.74) is 0. The third kappa shape index (κ3) is 2.47. The summed E-state index contributed by atoms with van der Waals surface area (Å²) >= 11 is 2.17. The summed E-state index contributed by atoms with van der Waals surface area (Å²) in [4.78, 5) is 0. The van der Waals surface area contributed by atoms with Gasteiger partial charge in [-0.2, -0.15) is 0 Å². The van der Waals surface area contributed by atoms with Crippen LogP contribution in [0.4, 0.5) is 0 Å². The summed E-state index contributed by atoms with van der Waals surface area (Å²) in [5.74, 6) is 0. The van der Waals surface area contributed by atoms with Gasteiger partial charge in [0.05, 0.1) is 0 Å². The zero-order valence-electron chi connectivity index (χ0n) is 5.75.